The highest BCUT2D eigenvalue weighted by Gasteiger charge is 2.20. The maximum absolute atomic E-state index is 12.4. The zero-order valence-electron chi connectivity index (χ0n) is 17.6. The molecule has 7 nitrogen and oxygen atoms in total. The molecule has 4 rings (SSSR count). The lowest BCUT2D eigenvalue weighted by Crippen LogP contribution is -2.49. The Morgan fingerprint density at radius 1 is 1.03 bits per heavy atom. The average Bonchev–Trinajstić information content (AvgIpc) is 3.22. The largest absolute Gasteiger partial charge is 0.496 e. The number of carbonyl (C=O) groups excluding carboxylic acids is 1. The summed E-state index contributed by atoms with van der Waals surface area (Å²) in [5, 5.41) is 3.00. The van der Waals surface area contributed by atoms with Crippen molar-refractivity contribution in [2.45, 2.75) is 20.0 Å². The van der Waals surface area contributed by atoms with Gasteiger partial charge in [-0.25, -0.2) is 0 Å². The summed E-state index contributed by atoms with van der Waals surface area (Å²) >= 11 is 0. The molecule has 7 heteroatoms. The van der Waals surface area contributed by atoms with Crippen molar-refractivity contribution in [2.24, 2.45) is 0 Å². The van der Waals surface area contributed by atoms with E-state index in [1.165, 1.54) is 11.1 Å². The molecule has 0 aliphatic carbocycles. The topological polar surface area (TPSA) is 63.3 Å². The lowest BCUT2D eigenvalue weighted by Gasteiger charge is -2.34. The monoisotopic (exact) mass is 411 g/mol. The van der Waals surface area contributed by atoms with Crippen LogP contribution in [0.2, 0.25) is 0 Å². The summed E-state index contributed by atoms with van der Waals surface area (Å²) in [7, 11) is 1.72. The fourth-order valence-corrected chi connectivity index (χ4v) is 3.89. The van der Waals surface area contributed by atoms with Gasteiger partial charge in [-0.2, -0.15) is 0 Å². The standard InChI is InChI=1S/C23H29N3O4/c1-17-3-5-20(28-2)19(11-17)14-25-7-9-26(10-8-25)15-23(27)24-13-18-4-6-21-22(12-18)30-16-29-21/h3-6,11-12H,7-10,13-16H2,1-2H3,(H,24,27). The first kappa shape index (κ1) is 20.5. The zero-order valence-corrected chi connectivity index (χ0v) is 17.6. The van der Waals surface area contributed by atoms with E-state index in [0.717, 1.165) is 55.5 Å². The van der Waals surface area contributed by atoms with Gasteiger partial charge in [0.2, 0.25) is 12.7 Å². The molecule has 30 heavy (non-hydrogen) atoms. The maximum atomic E-state index is 12.4. The number of rotatable bonds is 7. The van der Waals surface area contributed by atoms with Gasteiger partial charge in [0.25, 0.3) is 0 Å². The molecule has 1 amide bonds. The van der Waals surface area contributed by atoms with Gasteiger partial charge in [0, 0.05) is 44.8 Å². The van der Waals surface area contributed by atoms with E-state index in [1.807, 2.05) is 24.3 Å². The van der Waals surface area contributed by atoms with Crippen LogP contribution in [-0.4, -0.2) is 62.3 Å². The minimum atomic E-state index is 0.0430. The smallest absolute Gasteiger partial charge is 0.234 e. The Morgan fingerprint density at radius 2 is 1.80 bits per heavy atom. The van der Waals surface area contributed by atoms with Crippen molar-refractivity contribution in [3.8, 4) is 17.2 Å². The van der Waals surface area contributed by atoms with Crippen LogP contribution in [0.15, 0.2) is 36.4 Å². The molecular weight excluding hydrogens is 382 g/mol. The van der Waals surface area contributed by atoms with E-state index >= 15 is 0 Å². The first-order chi connectivity index (χ1) is 14.6. The van der Waals surface area contributed by atoms with Crippen molar-refractivity contribution in [3.63, 3.8) is 0 Å². The molecular formula is C23H29N3O4. The second-order valence-corrected chi connectivity index (χ2v) is 7.83. The Labute approximate surface area is 177 Å². The van der Waals surface area contributed by atoms with Crippen molar-refractivity contribution in [1.29, 1.82) is 0 Å². The highest BCUT2D eigenvalue weighted by atomic mass is 16.7. The molecule has 0 unspecified atom stereocenters. The predicted octanol–water partition coefficient (Wildman–Crippen LogP) is 2.17. The molecule has 160 valence electrons. The van der Waals surface area contributed by atoms with Gasteiger partial charge in [0.15, 0.2) is 11.5 Å². The van der Waals surface area contributed by atoms with E-state index in [0.29, 0.717) is 13.1 Å². The molecule has 1 saturated heterocycles. The van der Waals surface area contributed by atoms with Crippen molar-refractivity contribution in [1.82, 2.24) is 15.1 Å². The molecule has 0 spiro atoms. The highest BCUT2D eigenvalue weighted by molar-refractivity contribution is 5.78. The van der Waals surface area contributed by atoms with Crippen LogP contribution in [0, 0.1) is 6.92 Å². The minimum Gasteiger partial charge on any atom is -0.496 e. The number of nitrogens with one attached hydrogen (secondary N) is 1. The first-order valence-corrected chi connectivity index (χ1v) is 10.3. The molecule has 0 atom stereocenters. The summed E-state index contributed by atoms with van der Waals surface area (Å²) < 4.78 is 16.2. The summed E-state index contributed by atoms with van der Waals surface area (Å²) in [5.74, 6) is 2.47. The Bertz CT molecular complexity index is 894. The number of hydrogen-bond acceptors (Lipinski definition) is 6. The number of nitrogens with zero attached hydrogens (tertiary/aromatic N) is 2. The summed E-state index contributed by atoms with van der Waals surface area (Å²) in [6.45, 7) is 7.77. The number of piperazine rings is 1. The van der Waals surface area contributed by atoms with E-state index in [-0.39, 0.29) is 12.7 Å². The van der Waals surface area contributed by atoms with E-state index < -0.39 is 0 Å². The van der Waals surface area contributed by atoms with E-state index in [1.54, 1.807) is 7.11 Å². The summed E-state index contributed by atoms with van der Waals surface area (Å²) in [6, 6.07) is 12.0. The Hall–Kier alpha value is -2.77. The average molecular weight is 412 g/mol. The zero-order chi connectivity index (χ0) is 20.9. The first-order valence-electron chi connectivity index (χ1n) is 10.3. The summed E-state index contributed by atoms with van der Waals surface area (Å²) in [5.41, 5.74) is 3.46. The molecule has 0 bridgehead atoms. The van der Waals surface area contributed by atoms with Crippen molar-refractivity contribution < 1.29 is 19.0 Å². The Kier molecular flexibility index (Phi) is 6.40. The SMILES string of the molecule is COc1ccc(C)cc1CN1CCN(CC(=O)NCc2ccc3c(c2)OCO3)CC1. The normalized spacial score (nSPS) is 16.5. The number of fused-ring (bicyclic) bond motifs is 1. The van der Waals surface area contributed by atoms with Crippen molar-refractivity contribution in [2.75, 3.05) is 46.6 Å². The van der Waals surface area contributed by atoms with Crippen LogP contribution in [0.4, 0.5) is 0 Å². The van der Waals surface area contributed by atoms with Crippen LogP contribution in [0.25, 0.3) is 0 Å². The highest BCUT2D eigenvalue weighted by Crippen LogP contribution is 2.32. The van der Waals surface area contributed by atoms with E-state index in [2.05, 4.69) is 34.2 Å². The number of aryl methyl sites for hydroxylation is 1. The molecule has 1 fully saturated rings. The van der Waals surface area contributed by atoms with E-state index in [4.69, 9.17) is 14.2 Å². The van der Waals surface area contributed by atoms with Crippen LogP contribution in [0.3, 0.4) is 0 Å². The molecule has 0 aromatic heterocycles. The van der Waals surface area contributed by atoms with Gasteiger partial charge in [0.05, 0.1) is 13.7 Å². The van der Waals surface area contributed by atoms with Crippen molar-refractivity contribution >= 4 is 5.91 Å². The number of benzene rings is 2. The van der Waals surface area contributed by atoms with Gasteiger partial charge < -0.3 is 19.5 Å². The molecule has 2 aromatic rings. The fourth-order valence-electron chi connectivity index (χ4n) is 3.89. The van der Waals surface area contributed by atoms with Crippen LogP contribution in [0.1, 0.15) is 16.7 Å². The Morgan fingerprint density at radius 3 is 2.60 bits per heavy atom. The minimum absolute atomic E-state index is 0.0430. The molecule has 2 aromatic carbocycles. The number of hydrogen-bond donors (Lipinski definition) is 1. The van der Waals surface area contributed by atoms with E-state index in [9.17, 15) is 4.79 Å². The van der Waals surface area contributed by atoms with Gasteiger partial charge in [-0.05, 0) is 30.7 Å². The van der Waals surface area contributed by atoms with Crippen LogP contribution < -0.4 is 19.5 Å². The van der Waals surface area contributed by atoms with Gasteiger partial charge in [-0.15, -0.1) is 0 Å². The summed E-state index contributed by atoms with van der Waals surface area (Å²) in [6.07, 6.45) is 0. The Balaban J connectivity index is 1.21. The lowest BCUT2D eigenvalue weighted by molar-refractivity contribution is -0.122. The lowest BCUT2D eigenvalue weighted by atomic mass is 10.1. The number of amides is 1. The van der Waals surface area contributed by atoms with Gasteiger partial charge in [-0.1, -0.05) is 23.8 Å². The summed E-state index contributed by atoms with van der Waals surface area (Å²) in [4.78, 5) is 17.0. The van der Waals surface area contributed by atoms with Gasteiger partial charge >= 0.3 is 0 Å². The number of carbonyl (C=O) groups is 1. The van der Waals surface area contributed by atoms with Gasteiger partial charge in [0.1, 0.15) is 5.75 Å². The molecule has 0 saturated carbocycles. The second-order valence-electron chi connectivity index (χ2n) is 7.83. The third-order valence-corrected chi connectivity index (χ3v) is 5.59. The van der Waals surface area contributed by atoms with Crippen LogP contribution in [0.5, 0.6) is 17.2 Å². The van der Waals surface area contributed by atoms with Gasteiger partial charge in [-0.3, -0.25) is 14.6 Å². The number of ether oxygens (including phenoxy) is 3. The molecule has 2 aliphatic heterocycles. The predicted molar refractivity (Wildman–Crippen MR) is 114 cm³/mol. The molecule has 2 heterocycles. The molecule has 0 radical (unpaired) electrons. The van der Waals surface area contributed by atoms with Crippen LogP contribution in [-0.2, 0) is 17.9 Å². The van der Waals surface area contributed by atoms with Crippen molar-refractivity contribution in [3.05, 3.63) is 53.1 Å². The van der Waals surface area contributed by atoms with Crippen LogP contribution >= 0.6 is 0 Å². The maximum Gasteiger partial charge on any atom is 0.234 e. The quantitative estimate of drug-likeness (QED) is 0.754. The fraction of sp³-hybridized carbons (Fsp3) is 0.435. The molecule has 2 aliphatic rings. The molecule has 1 N–H and O–H groups in total. The number of methoxy groups -OCH3 is 1. The third kappa shape index (κ3) is 5.04. The third-order valence-electron chi connectivity index (χ3n) is 5.59. The second kappa shape index (κ2) is 9.36.